The number of nitrogens with one attached hydrogen (secondary N) is 2. The number of methoxy groups -OCH3 is 1. The zero-order valence-electron chi connectivity index (χ0n) is 23.1. The van der Waals surface area contributed by atoms with Crippen molar-refractivity contribution in [2.45, 2.75) is 38.3 Å². The number of ether oxygens (including phenoxy) is 2. The summed E-state index contributed by atoms with van der Waals surface area (Å²) in [5.74, 6) is 0.986. The van der Waals surface area contributed by atoms with Gasteiger partial charge in [-0.15, -0.1) is 0 Å². The molecule has 1 saturated heterocycles. The van der Waals surface area contributed by atoms with Gasteiger partial charge in [-0.3, -0.25) is 9.59 Å². The molecule has 4 aromatic rings. The summed E-state index contributed by atoms with van der Waals surface area (Å²) in [6.07, 6.45) is 1.14. The highest BCUT2D eigenvalue weighted by molar-refractivity contribution is 5.96. The molecule has 3 aromatic carbocycles. The highest BCUT2D eigenvalue weighted by Crippen LogP contribution is 2.33. The molecule has 0 spiro atoms. The van der Waals surface area contributed by atoms with Crippen molar-refractivity contribution in [2.75, 3.05) is 20.3 Å². The quantitative estimate of drug-likeness (QED) is 0.243. The first kappa shape index (κ1) is 27.9. The number of carboxylic acid groups (broad SMARTS) is 1. The van der Waals surface area contributed by atoms with E-state index in [4.69, 9.17) is 13.9 Å². The van der Waals surface area contributed by atoms with Gasteiger partial charge in [-0.25, -0.2) is 4.98 Å². The van der Waals surface area contributed by atoms with Crippen LogP contribution in [0.3, 0.4) is 0 Å². The van der Waals surface area contributed by atoms with E-state index in [-0.39, 0.29) is 11.8 Å². The van der Waals surface area contributed by atoms with Gasteiger partial charge in [0.25, 0.3) is 5.91 Å². The van der Waals surface area contributed by atoms with Crippen LogP contribution in [0.25, 0.3) is 11.5 Å². The maximum Gasteiger partial charge on any atom is 0.321 e. The molecule has 1 fully saturated rings. The third-order valence-corrected chi connectivity index (χ3v) is 7.29. The van der Waals surface area contributed by atoms with Gasteiger partial charge in [0.2, 0.25) is 5.89 Å². The zero-order valence-corrected chi connectivity index (χ0v) is 23.1. The Morgan fingerprint density at radius 1 is 1.07 bits per heavy atom. The third-order valence-electron chi connectivity index (χ3n) is 7.29. The molecule has 1 amide bonds. The molecule has 9 heteroatoms. The normalized spacial score (nSPS) is 16.3. The Morgan fingerprint density at radius 2 is 1.83 bits per heavy atom. The van der Waals surface area contributed by atoms with Crippen LogP contribution in [0.4, 0.5) is 0 Å². The van der Waals surface area contributed by atoms with Crippen molar-refractivity contribution in [2.24, 2.45) is 0 Å². The molecule has 0 saturated carbocycles. The lowest BCUT2D eigenvalue weighted by molar-refractivity contribution is -0.139. The third kappa shape index (κ3) is 6.58. The molecule has 1 aliphatic heterocycles. The number of nitrogens with zero attached hydrogens (tertiary/aromatic N) is 1. The van der Waals surface area contributed by atoms with Crippen LogP contribution in [0, 0.1) is 6.92 Å². The summed E-state index contributed by atoms with van der Waals surface area (Å²) in [6.45, 7) is 3.09. The summed E-state index contributed by atoms with van der Waals surface area (Å²) in [6, 6.07) is 21.7. The molecule has 1 aliphatic rings. The fourth-order valence-electron chi connectivity index (χ4n) is 5.09. The van der Waals surface area contributed by atoms with Crippen LogP contribution in [0.2, 0.25) is 0 Å². The first-order valence-corrected chi connectivity index (χ1v) is 13.6. The van der Waals surface area contributed by atoms with E-state index in [0.717, 1.165) is 28.3 Å². The molecule has 41 heavy (non-hydrogen) atoms. The largest absolute Gasteiger partial charge is 0.497 e. The number of aryl methyl sites for hydroxylation is 1. The highest BCUT2D eigenvalue weighted by Gasteiger charge is 2.36. The van der Waals surface area contributed by atoms with Gasteiger partial charge in [-0.2, -0.15) is 0 Å². The van der Waals surface area contributed by atoms with Crippen molar-refractivity contribution in [3.05, 3.63) is 101 Å². The number of aromatic nitrogens is 1. The Hall–Kier alpha value is -4.63. The Morgan fingerprint density at radius 3 is 2.56 bits per heavy atom. The van der Waals surface area contributed by atoms with Crippen molar-refractivity contribution >= 4 is 11.9 Å². The van der Waals surface area contributed by atoms with Crippen molar-refractivity contribution < 1.29 is 28.6 Å². The minimum Gasteiger partial charge on any atom is -0.497 e. The van der Waals surface area contributed by atoms with Gasteiger partial charge < -0.3 is 29.6 Å². The van der Waals surface area contributed by atoms with Crippen LogP contribution >= 0.6 is 0 Å². The maximum atomic E-state index is 13.4. The van der Waals surface area contributed by atoms with Gasteiger partial charge in [0, 0.05) is 30.0 Å². The van der Waals surface area contributed by atoms with Crippen LogP contribution in [-0.2, 0) is 17.8 Å². The summed E-state index contributed by atoms with van der Waals surface area (Å²) in [7, 11) is 1.60. The first-order chi connectivity index (χ1) is 19.9. The molecule has 1 unspecified atom stereocenters. The number of oxazole rings is 1. The predicted octanol–water partition coefficient (Wildman–Crippen LogP) is 4.74. The molecule has 0 bridgehead atoms. The minimum atomic E-state index is -0.935. The number of carbonyl (C=O) groups excluding carboxylic acids is 1. The number of aliphatic carboxylic acids is 1. The van der Waals surface area contributed by atoms with Crippen LogP contribution in [0.1, 0.15) is 45.3 Å². The summed E-state index contributed by atoms with van der Waals surface area (Å²) in [5.41, 5.74) is 3.71. The maximum absolute atomic E-state index is 13.4. The monoisotopic (exact) mass is 555 g/mol. The van der Waals surface area contributed by atoms with Crippen LogP contribution in [-0.4, -0.2) is 48.3 Å². The molecule has 212 valence electrons. The summed E-state index contributed by atoms with van der Waals surface area (Å²) in [4.78, 5) is 30.0. The summed E-state index contributed by atoms with van der Waals surface area (Å²) in [5, 5.41) is 15.7. The van der Waals surface area contributed by atoms with E-state index < -0.39 is 12.0 Å². The van der Waals surface area contributed by atoms with Gasteiger partial charge >= 0.3 is 5.97 Å². The Labute approximate surface area is 238 Å². The van der Waals surface area contributed by atoms with Gasteiger partial charge in [0.15, 0.2) is 0 Å². The number of hydrogen-bond acceptors (Lipinski definition) is 7. The van der Waals surface area contributed by atoms with Crippen molar-refractivity contribution in [3.63, 3.8) is 0 Å². The van der Waals surface area contributed by atoms with E-state index in [1.165, 1.54) is 0 Å². The van der Waals surface area contributed by atoms with E-state index in [0.29, 0.717) is 55.3 Å². The van der Waals surface area contributed by atoms with Gasteiger partial charge in [0.1, 0.15) is 23.3 Å². The number of carbonyl (C=O) groups is 2. The Bertz CT molecular complexity index is 1500. The predicted molar refractivity (Wildman–Crippen MR) is 153 cm³/mol. The average molecular weight is 556 g/mol. The Kier molecular flexibility index (Phi) is 8.64. The lowest BCUT2D eigenvalue weighted by Gasteiger charge is -2.20. The van der Waals surface area contributed by atoms with Crippen LogP contribution in [0.5, 0.6) is 11.5 Å². The second-order valence-corrected chi connectivity index (χ2v) is 9.93. The molecular formula is C32H33N3O6. The molecule has 5 rings (SSSR count). The highest BCUT2D eigenvalue weighted by atomic mass is 16.5. The molecule has 0 aliphatic carbocycles. The molecule has 1 aromatic heterocycles. The second-order valence-electron chi connectivity index (χ2n) is 9.93. The SMILES string of the molecule is COc1ccc(CNC(=O)c2cc(OCCc3nc(-c4ccccc4)oc3C)ccc2C2CCN[C@@H]2C(=O)O)cc1. The van der Waals surface area contributed by atoms with E-state index in [2.05, 4.69) is 15.6 Å². The molecule has 2 atom stereocenters. The number of carboxylic acids is 1. The van der Waals surface area contributed by atoms with Crippen molar-refractivity contribution in [3.8, 4) is 23.0 Å². The summed E-state index contributed by atoms with van der Waals surface area (Å²) < 4.78 is 17.1. The molecule has 9 nitrogen and oxygen atoms in total. The van der Waals surface area contributed by atoms with Crippen molar-refractivity contribution in [1.29, 1.82) is 0 Å². The average Bonchev–Trinajstić information content (AvgIpc) is 3.64. The number of rotatable bonds is 11. The van der Waals surface area contributed by atoms with Crippen LogP contribution in [0.15, 0.2) is 77.2 Å². The minimum absolute atomic E-state index is 0.294. The molecule has 2 heterocycles. The van der Waals surface area contributed by atoms with E-state index in [9.17, 15) is 14.7 Å². The second kappa shape index (κ2) is 12.7. The summed E-state index contributed by atoms with van der Waals surface area (Å²) >= 11 is 0. The van der Waals surface area contributed by atoms with E-state index >= 15 is 0 Å². The van der Waals surface area contributed by atoms with E-state index in [1.54, 1.807) is 25.3 Å². The van der Waals surface area contributed by atoms with Gasteiger partial charge in [-0.05, 0) is 67.4 Å². The molecule has 3 N–H and O–H groups in total. The first-order valence-electron chi connectivity index (χ1n) is 13.6. The van der Waals surface area contributed by atoms with Crippen molar-refractivity contribution in [1.82, 2.24) is 15.6 Å². The van der Waals surface area contributed by atoms with E-state index in [1.807, 2.05) is 61.5 Å². The Balaban J connectivity index is 1.31. The lowest BCUT2D eigenvalue weighted by Crippen LogP contribution is -2.35. The topological polar surface area (TPSA) is 123 Å². The zero-order chi connectivity index (χ0) is 28.8. The smallest absolute Gasteiger partial charge is 0.321 e. The van der Waals surface area contributed by atoms with Gasteiger partial charge in [0.05, 0.1) is 19.4 Å². The number of hydrogen-bond donors (Lipinski definition) is 3. The standard InChI is InChI=1S/C32H33N3O6/c1-20-28(35-31(41-20)22-6-4-3-5-7-22)15-17-40-24-12-13-25(26-14-16-33-29(26)32(37)38)27(18-24)30(36)34-19-21-8-10-23(39-2)11-9-21/h3-13,18,26,29,33H,14-17,19H2,1-2H3,(H,34,36)(H,37,38)/t26?,29-/m0/s1. The number of amides is 1. The fourth-order valence-corrected chi connectivity index (χ4v) is 5.09. The van der Waals surface area contributed by atoms with Crippen LogP contribution < -0.4 is 20.1 Å². The molecule has 0 radical (unpaired) electrons. The molecular weight excluding hydrogens is 522 g/mol. The fraction of sp³-hybridized carbons (Fsp3) is 0.281. The van der Waals surface area contributed by atoms with Gasteiger partial charge in [-0.1, -0.05) is 36.4 Å². The lowest BCUT2D eigenvalue weighted by atomic mass is 9.88. The number of benzene rings is 3.